The van der Waals surface area contributed by atoms with Crippen molar-refractivity contribution >= 4 is 31.7 Å². The Morgan fingerprint density at radius 3 is 1.43 bits per heavy atom. The first-order chi connectivity index (χ1) is 18.4. The Kier molecular flexibility index (Phi) is 26.4. The third-order valence-electron chi connectivity index (χ3n) is 5.40. The average molecular weight is 605 g/mol. The zero-order valence-corrected chi connectivity index (χ0v) is 27.7. The van der Waals surface area contributed by atoms with Gasteiger partial charge in [-0.3, -0.25) is 23.7 Å². The van der Waals surface area contributed by atoms with E-state index >= 15 is 0 Å². The molecule has 0 aliphatic heterocycles. The van der Waals surface area contributed by atoms with Crippen molar-refractivity contribution < 1.29 is 86.2 Å². The minimum atomic E-state index is -4.94. The van der Waals surface area contributed by atoms with Crippen molar-refractivity contribution in [1.82, 2.24) is 0 Å². The summed E-state index contributed by atoms with van der Waals surface area (Å²) in [5.41, 5.74) is 0. The molecule has 0 bridgehead atoms. The van der Waals surface area contributed by atoms with Gasteiger partial charge in [0.25, 0.3) is 7.82 Å². The van der Waals surface area contributed by atoms with Gasteiger partial charge in [-0.25, -0.2) is 0 Å². The van der Waals surface area contributed by atoms with Crippen LogP contribution >= 0.6 is 7.82 Å². The first-order valence-electron chi connectivity index (χ1n) is 13.7. The quantitative estimate of drug-likeness (QED) is 0.0509. The van der Waals surface area contributed by atoms with Crippen LogP contribution in [0.25, 0.3) is 0 Å². The first-order valence-corrected chi connectivity index (χ1v) is 15.1. The van der Waals surface area contributed by atoms with E-state index in [4.69, 9.17) is 28.0 Å². The summed E-state index contributed by atoms with van der Waals surface area (Å²) in [6.07, 6.45) is 10.2. The maximum atomic E-state index is 12.2. The maximum absolute atomic E-state index is 12.2. The van der Waals surface area contributed by atoms with Crippen LogP contribution in [0.3, 0.4) is 0 Å². The topological polar surface area (TPSA) is 164 Å². The van der Waals surface area contributed by atoms with Gasteiger partial charge in [-0.1, -0.05) is 71.1 Å². The Bertz CT molecular complexity index is 764. The molecule has 2 unspecified atom stereocenters. The molecule has 0 radical (unpaired) electrons. The van der Waals surface area contributed by atoms with Gasteiger partial charge in [0.15, 0.2) is 12.2 Å². The van der Waals surface area contributed by atoms with Crippen LogP contribution in [0, 0.1) is 0 Å². The molecule has 0 aliphatic rings. The predicted octanol–water partition coefficient (Wildman–Crippen LogP) is 1.16. The smallest absolute Gasteiger partial charge is 0.756 e. The first kappa shape index (κ1) is 41.1. The third-order valence-corrected chi connectivity index (χ3v) is 6.33. The van der Waals surface area contributed by atoms with E-state index in [1.54, 1.807) is 0 Å². The van der Waals surface area contributed by atoms with Gasteiger partial charge in [0.1, 0.15) is 13.2 Å². The third kappa shape index (κ3) is 27.2. The second-order valence-corrected chi connectivity index (χ2v) is 10.7. The molecule has 0 fully saturated rings. The normalized spacial score (nSPS) is 13.7. The van der Waals surface area contributed by atoms with Crippen LogP contribution in [-0.4, -0.2) is 62.5 Å². The molecule has 0 aromatic heterocycles. The van der Waals surface area contributed by atoms with E-state index in [1.165, 1.54) is 44.9 Å². The van der Waals surface area contributed by atoms with Crippen molar-refractivity contribution in [3.05, 3.63) is 0 Å². The van der Waals surface area contributed by atoms with E-state index < -0.39 is 70.3 Å². The van der Waals surface area contributed by atoms with Gasteiger partial charge in [0.2, 0.25) is 0 Å². The summed E-state index contributed by atoms with van der Waals surface area (Å²) in [6, 6.07) is 0. The van der Waals surface area contributed by atoms with E-state index in [1.807, 2.05) is 0 Å². The molecule has 0 saturated carbocycles. The minimum absolute atomic E-state index is 0. The van der Waals surface area contributed by atoms with Crippen LogP contribution in [0.4, 0.5) is 0 Å². The number of hydrogen-bond donors (Lipinski definition) is 0. The van der Waals surface area contributed by atoms with Gasteiger partial charge in [-0.15, -0.1) is 0 Å². The zero-order chi connectivity index (χ0) is 29.5. The van der Waals surface area contributed by atoms with Gasteiger partial charge in [-0.05, 0) is 6.42 Å². The van der Waals surface area contributed by atoms with E-state index in [0.717, 1.165) is 40.0 Å². The Labute approximate surface area is 260 Å². The van der Waals surface area contributed by atoms with Crippen LogP contribution < -0.4 is 34.5 Å². The standard InChI is InChI=1S/C26H47O12P.Na/c1-5-6-7-8-9-10-11-12-13-14-15-16-26(30)38-25(18-34-22(3)28)20-36-39(31,32)35-19-24(37-23(4)29)17-33-21(2)27;/h24-25H,5-20H2,1-4H3,(H,31,32);/q;+1/p-1/t24?,25-;/m1./s1. The number of unbranched alkanes of at least 4 members (excludes halogenated alkanes) is 10. The number of phosphoric ester groups is 1. The van der Waals surface area contributed by atoms with Crippen LogP contribution in [0.15, 0.2) is 0 Å². The van der Waals surface area contributed by atoms with Crippen LogP contribution in [-0.2, 0) is 51.7 Å². The largest absolute Gasteiger partial charge is 1.00 e. The summed E-state index contributed by atoms with van der Waals surface area (Å²) in [5, 5.41) is 0. The van der Waals surface area contributed by atoms with Gasteiger partial charge < -0.3 is 32.9 Å². The molecule has 0 heterocycles. The van der Waals surface area contributed by atoms with E-state index in [9.17, 15) is 28.6 Å². The maximum Gasteiger partial charge on any atom is 1.00 e. The van der Waals surface area contributed by atoms with Crippen molar-refractivity contribution in [2.24, 2.45) is 0 Å². The molecule has 0 amide bonds. The van der Waals surface area contributed by atoms with Crippen LogP contribution in [0.1, 0.15) is 105 Å². The fourth-order valence-electron chi connectivity index (χ4n) is 3.45. The fraction of sp³-hybridized carbons (Fsp3) is 0.846. The molecular formula is C26H46NaO12P. The summed E-state index contributed by atoms with van der Waals surface area (Å²) < 4.78 is 41.3. The molecule has 0 rings (SSSR count). The molecule has 14 heteroatoms. The monoisotopic (exact) mass is 604 g/mol. The zero-order valence-electron chi connectivity index (χ0n) is 24.8. The van der Waals surface area contributed by atoms with E-state index in [-0.39, 0.29) is 36.0 Å². The molecule has 40 heavy (non-hydrogen) atoms. The molecule has 0 aromatic rings. The van der Waals surface area contributed by atoms with Crippen molar-refractivity contribution in [2.45, 2.75) is 117 Å². The molecule has 3 atom stereocenters. The second kappa shape index (κ2) is 25.7. The van der Waals surface area contributed by atoms with Gasteiger partial charge in [-0.2, -0.15) is 0 Å². The average Bonchev–Trinajstić information content (AvgIpc) is 2.85. The fourth-order valence-corrected chi connectivity index (χ4v) is 4.22. The molecule has 0 aliphatic carbocycles. The number of carbonyl (C=O) groups is 4. The molecule has 0 N–H and O–H groups in total. The number of ether oxygens (including phenoxy) is 4. The van der Waals surface area contributed by atoms with Crippen molar-refractivity contribution in [3.63, 3.8) is 0 Å². The van der Waals surface area contributed by atoms with E-state index in [2.05, 4.69) is 6.92 Å². The van der Waals surface area contributed by atoms with Gasteiger partial charge >= 0.3 is 53.4 Å². The van der Waals surface area contributed by atoms with Crippen LogP contribution in [0.5, 0.6) is 0 Å². The molecule has 0 aromatic carbocycles. The van der Waals surface area contributed by atoms with E-state index in [0.29, 0.717) is 6.42 Å². The van der Waals surface area contributed by atoms with Gasteiger partial charge in [0, 0.05) is 27.2 Å². The summed E-state index contributed by atoms with van der Waals surface area (Å²) >= 11 is 0. The molecule has 0 saturated heterocycles. The number of rotatable bonds is 24. The number of phosphoric acid groups is 1. The molecule has 0 spiro atoms. The predicted molar refractivity (Wildman–Crippen MR) is 139 cm³/mol. The SMILES string of the molecule is CCCCCCCCCCCCCC(=O)O[C@H](COC(C)=O)COP(=O)([O-])OCC(COC(C)=O)OC(C)=O.[Na+]. The van der Waals surface area contributed by atoms with Crippen molar-refractivity contribution in [2.75, 3.05) is 26.4 Å². The molecular weight excluding hydrogens is 558 g/mol. The summed E-state index contributed by atoms with van der Waals surface area (Å²) in [7, 11) is -4.94. The Morgan fingerprint density at radius 2 is 1.02 bits per heavy atom. The number of carbonyl (C=O) groups excluding carboxylic acids is 4. The minimum Gasteiger partial charge on any atom is -0.756 e. The Balaban J connectivity index is 0. The second-order valence-electron chi connectivity index (χ2n) is 9.27. The number of hydrogen-bond acceptors (Lipinski definition) is 12. The number of esters is 4. The van der Waals surface area contributed by atoms with Gasteiger partial charge in [0.05, 0.1) is 13.2 Å². The summed E-state index contributed by atoms with van der Waals surface area (Å²) in [5.74, 6) is -2.59. The summed E-state index contributed by atoms with van der Waals surface area (Å²) in [6.45, 7) is 3.45. The molecule has 12 nitrogen and oxygen atoms in total. The summed E-state index contributed by atoms with van der Waals surface area (Å²) in [4.78, 5) is 57.7. The molecule has 228 valence electrons. The Hall–Kier alpha value is -1.01. The van der Waals surface area contributed by atoms with Crippen LogP contribution in [0.2, 0.25) is 0 Å². The Morgan fingerprint density at radius 1 is 0.625 bits per heavy atom. The van der Waals surface area contributed by atoms with Crippen molar-refractivity contribution in [1.29, 1.82) is 0 Å². The van der Waals surface area contributed by atoms with Crippen molar-refractivity contribution in [3.8, 4) is 0 Å².